The Morgan fingerprint density at radius 3 is 1.91 bits per heavy atom. The number of nitrogens with zero attached hydrogens (tertiary/aromatic N) is 1. The van der Waals surface area contributed by atoms with Crippen molar-refractivity contribution in [3.05, 3.63) is 88.2 Å². The Labute approximate surface area is 193 Å². The average Bonchev–Trinajstić information content (AvgIpc) is 2.79. The fourth-order valence-corrected chi connectivity index (χ4v) is 3.84. The lowest BCUT2D eigenvalue weighted by Crippen LogP contribution is -2.16. The van der Waals surface area contributed by atoms with E-state index in [9.17, 15) is 13.2 Å². The van der Waals surface area contributed by atoms with Crippen LogP contribution in [0.5, 0.6) is 0 Å². The molecule has 0 fully saturated rings. The van der Waals surface area contributed by atoms with E-state index in [1.165, 1.54) is 6.20 Å². The molecule has 172 valence electrons. The molecule has 3 rings (SSSR count). The van der Waals surface area contributed by atoms with E-state index >= 15 is 0 Å². The van der Waals surface area contributed by atoms with Gasteiger partial charge in [0.05, 0.1) is 10.6 Å². The summed E-state index contributed by atoms with van der Waals surface area (Å²) in [6, 6.07) is 13.4. The van der Waals surface area contributed by atoms with Crippen molar-refractivity contribution in [2.45, 2.75) is 60.3 Å². The van der Waals surface area contributed by atoms with Gasteiger partial charge in [0.2, 0.25) is 0 Å². The SMILES string of the molecule is CC.CC.Cc1ccc(S(=O)(=O)Nc2cc(C)c(C)cc2C(=O)c2ccc(C)nc2)cc1. The summed E-state index contributed by atoms with van der Waals surface area (Å²) in [4.78, 5) is 17.3. The summed E-state index contributed by atoms with van der Waals surface area (Å²) in [7, 11) is -3.82. The van der Waals surface area contributed by atoms with Crippen molar-refractivity contribution in [2.24, 2.45) is 0 Å². The van der Waals surface area contributed by atoms with Gasteiger partial charge in [-0.15, -0.1) is 0 Å². The monoisotopic (exact) mass is 454 g/mol. The first-order valence-electron chi connectivity index (χ1n) is 10.9. The van der Waals surface area contributed by atoms with Gasteiger partial charge in [-0.05, 0) is 75.2 Å². The highest BCUT2D eigenvalue weighted by molar-refractivity contribution is 7.92. The predicted octanol–water partition coefficient (Wildman–Crippen LogP) is 6.40. The molecule has 6 heteroatoms. The molecule has 2 aromatic carbocycles. The maximum absolute atomic E-state index is 13.0. The molecule has 0 aliphatic rings. The lowest BCUT2D eigenvalue weighted by Gasteiger charge is -2.15. The molecule has 0 saturated carbocycles. The number of anilines is 1. The number of aromatic nitrogens is 1. The third-order valence-electron chi connectivity index (χ3n) is 4.63. The molecule has 0 unspecified atom stereocenters. The van der Waals surface area contributed by atoms with Crippen LogP contribution in [-0.2, 0) is 10.0 Å². The van der Waals surface area contributed by atoms with E-state index in [-0.39, 0.29) is 16.4 Å². The molecule has 0 aliphatic heterocycles. The number of hydrogen-bond acceptors (Lipinski definition) is 4. The summed E-state index contributed by atoms with van der Waals surface area (Å²) in [5.41, 5.74) is 4.52. The Bertz CT molecular complexity index is 1130. The van der Waals surface area contributed by atoms with Crippen molar-refractivity contribution in [3.8, 4) is 0 Å². The zero-order valence-corrected chi connectivity index (χ0v) is 21.1. The van der Waals surface area contributed by atoms with Crippen molar-refractivity contribution in [1.29, 1.82) is 0 Å². The normalized spacial score (nSPS) is 10.2. The molecule has 3 aromatic rings. The van der Waals surface area contributed by atoms with Gasteiger partial charge in [0.15, 0.2) is 5.78 Å². The van der Waals surface area contributed by atoms with Gasteiger partial charge < -0.3 is 0 Å². The summed E-state index contributed by atoms with van der Waals surface area (Å²) >= 11 is 0. The molecule has 5 nitrogen and oxygen atoms in total. The zero-order chi connectivity index (χ0) is 24.5. The van der Waals surface area contributed by atoms with E-state index in [0.29, 0.717) is 11.1 Å². The molecule has 0 spiro atoms. The second kappa shape index (κ2) is 12.2. The van der Waals surface area contributed by atoms with Crippen LogP contribution in [0.1, 0.15) is 66.0 Å². The van der Waals surface area contributed by atoms with Crippen LogP contribution < -0.4 is 4.72 Å². The molecule has 1 N–H and O–H groups in total. The summed E-state index contributed by atoms with van der Waals surface area (Å²) in [5, 5.41) is 0. The van der Waals surface area contributed by atoms with Crippen LogP contribution in [0.2, 0.25) is 0 Å². The first-order valence-corrected chi connectivity index (χ1v) is 12.3. The van der Waals surface area contributed by atoms with Crippen molar-refractivity contribution in [1.82, 2.24) is 4.98 Å². The summed E-state index contributed by atoms with van der Waals surface area (Å²) in [6.45, 7) is 15.5. The Balaban J connectivity index is 0.00000121. The average molecular weight is 455 g/mol. The van der Waals surface area contributed by atoms with Crippen LogP contribution >= 0.6 is 0 Å². The molecule has 0 saturated heterocycles. The highest BCUT2D eigenvalue weighted by atomic mass is 32.2. The highest BCUT2D eigenvalue weighted by Gasteiger charge is 2.21. The number of rotatable bonds is 5. The first kappa shape index (κ1) is 27.0. The third kappa shape index (κ3) is 6.76. The number of carbonyl (C=O) groups excluding carboxylic acids is 1. The van der Waals surface area contributed by atoms with Crippen LogP contribution in [0.25, 0.3) is 0 Å². The molecular formula is C26H34N2O3S. The lowest BCUT2D eigenvalue weighted by molar-refractivity contribution is 0.103. The van der Waals surface area contributed by atoms with Crippen LogP contribution in [0, 0.1) is 27.7 Å². The molecule has 0 radical (unpaired) electrons. The van der Waals surface area contributed by atoms with Crippen molar-refractivity contribution >= 4 is 21.5 Å². The topological polar surface area (TPSA) is 76.1 Å². The number of hydrogen-bond donors (Lipinski definition) is 1. The third-order valence-corrected chi connectivity index (χ3v) is 6.01. The molecule has 0 amide bonds. The minimum atomic E-state index is -3.82. The number of sulfonamides is 1. The minimum absolute atomic E-state index is 0.145. The Hall–Kier alpha value is -2.99. The predicted molar refractivity (Wildman–Crippen MR) is 133 cm³/mol. The Morgan fingerprint density at radius 1 is 0.812 bits per heavy atom. The minimum Gasteiger partial charge on any atom is -0.288 e. The van der Waals surface area contributed by atoms with Crippen LogP contribution in [-0.4, -0.2) is 19.2 Å². The van der Waals surface area contributed by atoms with Crippen molar-refractivity contribution in [3.63, 3.8) is 0 Å². The van der Waals surface area contributed by atoms with Crippen molar-refractivity contribution in [2.75, 3.05) is 4.72 Å². The Morgan fingerprint density at radius 2 is 1.38 bits per heavy atom. The number of carbonyl (C=O) groups is 1. The summed E-state index contributed by atoms with van der Waals surface area (Å²) in [5.74, 6) is -0.280. The van der Waals surface area contributed by atoms with Crippen molar-refractivity contribution < 1.29 is 13.2 Å². The fraction of sp³-hybridized carbons (Fsp3) is 0.308. The molecule has 32 heavy (non-hydrogen) atoms. The number of nitrogens with one attached hydrogen (secondary N) is 1. The standard InChI is InChI=1S/C22H22N2O3S.2C2H6/c1-14-5-9-19(10-6-14)28(26,27)24-21-12-16(3)15(2)11-20(21)22(25)18-8-7-17(4)23-13-18;2*1-2/h5-13,24H,1-4H3;2*1-2H3. The van der Waals surface area contributed by atoms with E-state index < -0.39 is 10.0 Å². The first-order chi connectivity index (χ1) is 15.2. The molecule has 0 aliphatic carbocycles. The van der Waals surface area contributed by atoms with E-state index in [1.807, 2.05) is 55.4 Å². The fourth-order valence-electron chi connectivity index (χ4n) is 2.77. The maximum Gasteiger partial charge on any atom is 0.261 e. The lowest BCUT2D eigenvalue weighted by atomic mass is 9.98. The molecular weight excluding hydrogens is 420 g/mol. The van der Waals surface area contributed by atoms with Gasteiger partial charge in [-0.1, -0.05) is 45.4 Å². The van der Waals surface area contributed by atoms with Gasteiger partial charge in [-0.2, -0.15) is 0 Å². The molecule has 1 aromatic heterocycles. The Kier molecular flexibility index (Phi) is 10.3. The van der Waals surface area contributed by atoms with Gasteiger partial charge in [-0.3, -0.25) is 14.5 Å². The van der Waals surface area contributed by atoms with Gasteiger partial charge in [-0.25, -0.2) is 8.42 Å². The zero-order valence-electron chi connectivity index (χ0n) is 20.3. The second-order valence-corrected chi connectivity index (χ2v) is 8.60. The van der Waals surface area contributed by atoms with Gasteiger partial charge >= 0.3 is 0 Å². The van der Waals surface area contributed by atoms with E-state index in [0.717, 1.165) is 22.4 Å². The quantitative estimate of drug-likeness (QED) is 0.453. The van der Waals surface area contributed by atoms with Crippen LogP contribution in [0.15, 0.2) is 59.6 Å². The highest BCUT2D eigenvalue weighted by Crippen LogP contribution is 2.26. The number of pyridine rings is 1. The van der Waals surface area contributed by atoms with E-state index in [4.69, 9.17) is 0 Å². The number of benzene rings is 2. The van der Waals surface area contributed by atoms with Gasteiger partial charge in [0.1, 0.15) is 0 Å². The van der Waals surface area contributed by atoms with Crippen LogP contribution in [0.3, 0.4) is 0 Å². The largest absolute Gasteiger partial charge is 0.288 e. The van der Waals surface area contributed by atoms with Gasteiger partial charge in [0.25, 0.3) is 10.0 Å². The second-order valence-electron chi connectivity index (χ2n) is 6.92. The maximum atomic E-state index is 13.0. The summed E-state index contributed by atoms with van der Waals surface area (Å²) < 4.78 is 28.2. The van der Waals surface area contributed by atoms with Crippen LogP contribution in [0.4, 0.5) is 5.69 Å². The van der Waals surface area contributed by atoms with Gasteiger partial charge in [0, 0.05) is 23.0 Å². The van der Waals surface area contributed by atoms with E-state index in [2.05, 4.69) is 9.71 Å². The molecule has 1 heterocycles. The smallest absolute Gasteiger partial charge is 0.261 e. The molecule has 0 bridgehead atoms. The number of ketones is 1. The summed E-state index contributed by atoms with van der Waals surface area (Å²) in [6.07, 6.45) is 1.51. The number of aryl methyl sites for hydroxylation is 4. The molecule has 0 atom stereocenters. The van der Waals surface area contributed by atoms with E-state index in [1.54, 1.807) is 48.5 Å².